The number of methoxy groups -OCH3 is 1. The molecule has 3 aromatic rings. The molecule has 5 rings (SSSR count). The number of hydrogen-bond acceptors (Lipinski definition) is 8. The van der Waals surface area contributed by atoms with E-state index in [9.17, 15) is 4.79 Å². The summed E-state index contributed by atoms with van der Waals surface area (Å²) in [6, 6.07) is 12.6. The highest BCUT2D eigenvalue weighted by Crippen LogP contribution is 2.39. The predicted molar refractivity (Wildman–Crippen MR) is 161 cm³/mol. The third kappa shape index (κ3) is 7.06. The van der Waals surface area contributed by atoms with Crippen LogP contribution in [0.1, 0.15) is 73.0 Å². The lowest BCUT2D eigenvalue weighted by atomic mass is 9.80. The zero-order valence-electron chi connectivity index (χ0n) is 25.4. The number of anilines is 1. The Hall–Kier alpha value is -3.59. The van der Waals surface area contributed by atoms with Crippen LogP contribution in [-0.2, 0) is 40.6 Å². The molecule has 0 saturated carbocycles. The molecule has 226 valence electrons. The topological polar surface area (TPSA) is 96.7 Å². The van der Waals surface area contributed by atoms with E-state index < -0.39 is 0 Å². The number of rotatable bonds is 12. The van der Waals surface area contributed by atoms with Crippen molar-refractivity contribution in [3.8, 4) is 11.6 Å². The molecule has 1 fully saturated rings. The zero-order chi connectivity index (χ0) is 29.5. The third-order valence-corrected chi connectivity index (χ3v) is 8.48. The molecule has 9 nitrogen and oxygen atoms in total. The Morgan fingerprint density at radius 3 is 2.79 bits per heavy atom. The van der Waals surface area contributed by atoms with E-state index in [0.717, 1.165) is 74.0 Å². The van der Waals surface area contributed by atoms with Crippen molar-refractivity contribution < 1.29 is 23.7 Å². The normalized spacial score (nSPS) is 16.7. The smallest absolute Gasteiger partial charge is 0.309 e. The van der Waals surface area contributed by atoms with Gasteiger partial charge in [-0.25, -0.2) is 9.67 Å². The molecule has 0 radical (unpaired) electrons. The van der Waals surface area contributed by atoms with Crippen LogP contribution < -0.4 is 14.8 Å². The van der Waals surface area contributed by atoms with Crippen molar-refractivity contribution >= 4 is 11.8 Å². The molecule has 2 aromatic heterocycles. The van der Waals surface area contributed by atoms with E-state index in [4.69, 9.17) is 29.0 Å². The third-order valence-electron chi connectivity index (χ3n) is 8.48. The molecule has 1 aromatic carbocycles. The minimum Gasteiger partial charge on any atom is -0.496 e. The van der Waals surface area contributed by atoms with Gasteiger partial charge in [-0.15, -0.1) is 0 Å². The lowest BCUT2D eigenvalue weighted by Gasteiger charge is -2.27. The largest absolute Gasteiger partial charge is 0.496 e. The number of benzene rings is 1. The molecular formula is C33H44N4O5. The number of aryl methyl sites for hydroxylation is 2. The van der Waals surface area contributed by atoms with Crippen LogP contribution in [-0.4, -0.2) is 60.8 Å². The molecule has 0 spiro atoms. The van der Waals surface area contributed by atoms with Crippen molar-refractivity contribution in [3.63, 3.8) is 0 Å². The van der Waals surface area contributed by atoms with Gasteiger partial charge in [0.05, 0.1) is 31.9 Å². The molecule has 1 N–H and O–H groups in total. The number of hydrogen-bond donors (Lipinski definition) is 1. The van der Waals surface area contributed by atoms with Gasteiger partial charge in [0, 0.05) is 50.9 Å². The molecule has 0 amide bonds. The van der Waals surface area contributed by atoms with E-state index in [2.05, 4.69) is 29.6 Å². The van der Waals surface area contributed by atoms with Gasteiger partial charge in [0.15, 0.2) is 0 Å². The van der Waals surface area contributed by atoms with Gasteiger partial charge in [-0.3, -0.25) is 4.79 Å². The lowest BCUT2D eigenvalue weighted by Crippen LogP contribution is -2.24. The predicted octanol–water partition coefficient (Wildman–Crippen LogP) is 5.22. The lowest BCUT2D eigenvalue weighted by molar-refractivity contribution is -0.148. The number of nitrogens with zero attached hydrogens (tertiary/aromatic N) is 3. The second-order valence-corrected chi connectivity index (χ2v) is 11.3. The van der Waals surface area contributed by atoms with E-state index in [-0.39, 0.29) is 17.8 Å². The molecule has 2 aliphatic rings. The molecule has 9 heteroatoms. The molecule has 1 saturated heterocycles. The number of ether oxygens (including phenoxy) is 4. The summed E-state index contributed by atoms with van der Waals surface area (Å²) < 4.78 is 24.8. The Kier molecular flexibility index (Phi) is 10.00. The van der Waals surface area contributed by atoms with Gasteiger partial charge in [-0.05, 0) is 73.8 Å². The standard InChI is InChI=1S/C33H44N4O5/c1-5-41-33(38)22(2)28(29-19-25(9-11-30(29)39-4)23-12-16-40-17-13-23)20-27-21-31(37(3)36-27)42-18-14-26-10-8-24-7-6-15-34-32(24)35-26/h8-11,19,21-23,28H,5-7,12-18,20H2,1-4H3,(H,34,35). The number of fused-ring (bicyclic) bond motifs is 1. The molecule has 0 aliphatic carbocycles. The second-order valence-electron chi connectivity index (χ2n) is 11.3. The first kappa shape index (κ1) is 29.9. The van der Waals surface area contributed by atoms with Crippen molar-refractivity contribution in [2.45, 2.75) is 64.2 Å². The Morgan fingerprint density at radius 1 is 1.17 bits per heavy atom. The number of nitrogens with one attached hydrogen (secondary N) is 1. The van der Waals surface area contributed by atoms with E-state index in [0.29, 0.717) is 37.9 Å². The first-order valence-electron chi connectivity index (χ1n) is 15.3. The average Bonchev–Trinajstić information content (AvgIpc) is 3.38. The Balaban J connectivity index is 1.33. The first-order valence-corrected chi connectivity index (χ1v) is 15.3. The van der Waals surface area contributed by atoms with Crippen LogP contribution in [0.2, 0.25) is 0 Å². The SMILES string of the molecule is CCOC(=O)C(C)C(Cc1cc(OCCc2ccc3c(n2)NCCC3)n(C)n1)c1cc(C2CCOCC2)ccc1OC. The van der Waals surface area contributed by atoms with Gasteiger partial charge in [0.1, 0.15) is 11.6 Å². The molecule has 2 atom stereocenters. The van der Waals surface area contributed by atoms with Crippen LogP contribution in [0.25, 0.3) is 0 Å². The van der Waals surface area contributed by atoms with Crippen LogP contribution in [0.5, 0.6) is 11.6 Å². The highest BCUT2D eigenvalue weighted by Gasteiger charge is 2.31. The minimum absolute atomic E-state index is 0.186. The summed E-state index contributed by atoms with van der Waals surface area (Å²) in [5.74, 6) is 2.09. The van der Waals surface area contributed by atoms with Crippen molar-refractivity contribution in [1.82, 2.24) is 14.8 Å². The van der Waals surface area contributed by atoms with Gasteiger partial charge in [0.25, 0.3) is 0 Å². The van der Waals surface area contributed by atoms with Gasteiger partial charge >= 0.3 is 5.97 Å². The minimum atomic E-state index is -0.390. The van der Waals surface area contributed by atoms with Gasteiger partial charge < -0.3 is 24.3 Å². The van der Waals surface area contributed by atoms with Crippen LogP contribution in [0.4, 0.5) is 5.82 Å². The van der Waals surface area contributed by atoms with E-state index in [1.165, 1.54) is 11.1 Å². The maximum atomic E-state index is 13.0. The fourth-order valence-electron chi connectivity index (χ4n) is 6.06. The van der Waals surface area contributed by atoms with Crippen LogP contribution in [0.3, 0.4) is 0 Å². The summed E-state index contributed by atoms with van der Waals surface area (Å²) in [5, 5.41) is 8.17. The molecule has 2 unspecified atom stereocenters. The Labute approximate surface area is 248 Å². The molecular weight excluding hydrogens is 532 g/mol. The van der Waals surface area contributed by atoms with Crippen molar-refractivity contribution in [1.29, 1.82) is 0 Å². The quantitative estimate of drug-likeness (QED) is 0.293. The van der Waals surface area contributed by atoms with Crippen molar-refractivity contribution in [3.05, 3.63) is 64.5 Å². The summed E-state index contributed by atoms with van der Waals surface area (Å²) in [6.07, 6.45) is 5.44. The van der Waals surface area contributed by atoms with Crippen molar-refractivity contribution in [2.24, 2.45) is 13.0 Å². The number of carbonyl (C=O) groups excluding carboxylic acids is 1. The summed E-state index contributed by atoms with van der Waals surface area (Å²) in [4.78, 5) is 17.8. The summed E-state index contributed by atoms with van der Waals surface area (Å²) in [6.45, 7) is 7.11. The molecule has 4 heterocycles. The summed E-state index contributed by atoms with van der Waals surface area (Å²) >= 11 is 0. The maximum absolute atomic E-state index is 13.0. The molecule has 2 aliphatic heterocycles. The number of esters is 1. The second kappa shape index (κ2) is 14.1. The van der Waals surface area contributed by atoms with Crippen molar-refractivity contribution in [2.75, 3.05) is 45.4 Å². The summed E-state index contributed by atoms with van der Waals surface area (Å²) in [7, 11) is 3.56. The van der Waals surface area contributed by atoms with E-state index in [1.807, 2.05) is 33.0 Å². The van der Waals surface area contributed by atoms with E-state index in [1.54, 1.807) is 11.8 Å². The maximum Gasteiger partial charge on any atom is 0.309 e. The number of pyridine rings is 1. The van der Waals surface area contributed by atoms with E-state index >= 15 is 0 Å². The van der Waals surface area contributed by atoms with Crippen LogP contribution in [0.15, 0.2) is 36.4 Å². The molecule has 42 heavy (non-hydrogen) atoms. The Bertz CT molecular complexity index is 1350. The highest BCUT2D eigenvalue weighted by atomic mass is 16.5. The van der Waals surface area contributed by atoms with Crippen LogP contribution >= 0.6 is 0 Å². The van der Waals surface area contributed by atoms with Gasteiger partial charge in [-0.1, -0.05) is 25.1 Å². The summed E-state index contributed by atoms with van der Waals surface area (Å²) in [5.41, 5.74) is 5.39. The fraction of sp³-hybridized carbons (Fsp3) is 0.545. The monoisotopic (exact) mass is 576 g/mol. The van der Waals surface area contributed by atoms with Gasteiger partial charge in [0.2, 0.25) is 5.88 Å². The fourth-order valence-corrected chi connectivity index (χ4v) is 6.06. The molecule has 0 bridgehead atoms. The van der Waals surface area contributed by atoms with Crippen LogP contribution in [0, 0.1) is 5.92 Å². The number of carbonyl (C=O) groups is 1. The first-order chi connectivity index (χ1) is 20.5. The Morgan fingerprint density at radius 2 is 2.00 bits per heavy atom. The zero-order valence-corrected chi connectivity index (χ0v) is 25.4. The average molecular weight is 577 g/mol. The van der Waals surface area contributed by atoms with Gasteiger partial charge in [-0.2, -0.15) is 5.10 Å². The number of aromatic nitrogens is 3. The highest BCUT2D eigenvalue weighted by molar-refractivity contribution is 5.73.